The second-order valence-corrected chi connectivity index (χ2v) is 3.54. The summed E-state index contributed by atoms with van der Waals surface area (Å²) in [5, 5.41) is 0. The lowest BCUT2D eigenvalue weighted by molar-refractivity contribution is 0.532. The molecule has 0 saturated carbocycles. The Labute approximate surface area is 79.8 Å². The molecule has 0 bridgehead atoms. The van der Waals surface area contributed by atoms with Gasteiger partial charge in [-0.2, -0.15) is 0 Å². The smallest absolute Gasteiger partial charge is 0.276 e. The first-order valence-electron chi connectivity index (χ1n) is 4.79. The highest BCUT2D eigenvalue weighted by Crippen LogP contribution is 2.17. The van der Waals surface area contributed by atoms with Crippen molar-refractivity contribution < 1.29 is 0 Å². The predicted molar refractivity (Wildman–Crippen MR) is 51.1 cm³/mol. The van der Waals surface area contributed by atoms with Crippen LogP contribution in [-0.4, -0.2) is 19.5 Å². The van der Waals surface area contributed by atoms with E-state index >= 15 is 0 Å². The van der Waals surface area contributed by atoms with E-state index in [1.54, 1.807) is 0 Å². The third-order valence-electron chi connectivity index (χ3n) is 2.66. The van der Waals surface area contributed by atoms with Gasteiger partial charge in [0.1, 0.15) is 5.82 Å². The minimum atomic E-state index is -0.0874. The van der Waals surface area contributed by atoms with Crippen molar-refractivity contribution in [3.8, 4) is 0 Å². The molecule has 0 fully saturated rings. The molecule has 0 amide bonds. The topological polar surface area (TPSA) is 63.6 Å². The first-order valence-corrected chi connectivity index (χ1v) is 4.79. The summed E-state index contributed by atoms with van der Waals surface area (Å²) < 4.78 is 1.99. The molecule has 1 aliphatic rings. The zero-order valence-corrected chi connectivity index (χ0v) is 7.66. The first-order chi connectivity index (χ1) is 6.86. The van der Waals surface area contributed by atoms with Crippen molar-refractivity contribution in [3.63, 3.8) is 0 Å². The molecule has 0 unspecified atom stereocenters. The molecular formula is C9H10N4O. The Morgan fingerprint density at radius 1 is 1.43 bits per heavy atom. The van der Waals surface area contributed by atoms with Crippen LogP contribution in [0.5, 0.6) is 0 Å². The standard InChI is InChI=1S/C9H10N4O/c14-9-7-8(10-5-11-9)12-6-3-1-2-4-13(6)7/h5H,1-4H2,(H,10,11,14). The fraction of sp³-hybridized carbons (Fsp3) is 0.444. The first kappa shape index (κ1) is 7.73. The maximum absolute atomic E-state index is 11.6. The van der Waals surface area contributed by atoms with Gasteiger partial charge in [-0.15, -0.1) is 0 Å². The number of hydrogen-bond donors (Lipinski definition) is 1. The predicted octanol–water partition coefficient (Wildman–Crippen LogP) is 0.456. The summed E-state index contributed by atoms with van der Waals surface area (Å²) in [5.41, 5.74) is 1.11. The van der Waals surface area contributed by atoms with Gasteiger partial charge in [0.25, 0.3) is 5.56 Å². The second kappa shape index (κ2) is 2.67. The third-order valence-corrected chi connectivity index (χ3v) is 2.66. The quantitative estimate of drug-likeness (QED) is 0.656. The maximum atomic E-state index is 11.6. The van der Waals surface area contributed by atoms with Crippen LogP contribution in [0.1, 0.15) is 18.7 Å². The maximum Gasteiger partial charge on any atom is 0.276 e. The molecule has 0 atom stereocenters. The lowest BCUT2D eigenvalue weighted by Gasteiger charge is -2.12. The van der Waals surface area contributed by atoms with Crippen LogP contribution in [-0.2, 0) is 13.0 Å². The monoisotopic (exact) mass is 190 g/mol. The lowest BCUT2D eigenvalue weighted by Crippen LogP contribution is -2.15. The van der Waals surface area contributed by atoms with Crippen LogP contribution in [0.3, 0.4) is 0 Å². The summed E-state index contributed by atoms with van der Waals surface area (Å²) >= 11 is 0. The van der Waals surface area contributed by atoms with E-state index in [2.05, 4.69) is 15.0 Å². The summed E-state index contributed by atoms with van der Waals surface area (Å²) in [6.45, 7) is 0.889. The molecule has 1 N–H and O–H groups in total. The fourth-order valence-electron chi connectivity index (χ4n) is 2.00. The average molecular weight is 190 g/mol. The Kier molecular flexibility index (Phi) is 1.47. The van der Waals surface area contributed by atoms with E-state index < -0.39 is 0 Å². The lowest BCUT2D eigenvalue weighted by atomic mass is 10.2. The molecule has 1 aliphatic heterocycles. The highest BCUT2D eigenvalue weighted by atomic mass is 16.1. The SMILES string of the molecule is O=c1[nH]cnc2nc3n(c12)CCCC3. The number of fused-ring (bicyclic) bond motifs is 3. The Morgan fingerprint density at radius 3 is 3.29 bits per heavy atom. The third kappa shape index (κ3) is 0.921. The zero-order valence-electron chi connectivity index (χ0n) is 7.66. The Hall–Kier alpha value is -1.65. The number of aromatic nitrogens is 4. The van der Waals surface area contributed by atoms with Crippen LogP contribution in [0.15, 0.2) is 11.1 Å². The van der Waals surface area contributed by atoms with Crippen LogP contribution >= 0.6 is 0 Å². The molecule has 0 spiro atoms. The zero-order chi connectivity index (χ0) is 9.54. The number of hydrogen-bond acceptors (Lipinski definition) is 3. The van der Waals surface area contributed by atoms with E-state index in [-0.39, 0.29) is 5.56 Å². The van der Waals surface area contributed by atoms with E-state index in [4.69, 9.17) is 0 Å². The fourth-order valence-corrected chi connectivity index (χ4v) is 2.00. The van der Waals surface area contributed by atoms with Gasteiger partial charge in [-0.25, -0.2) is 9.97 Å². The van der Waals surface area contributed by atoms with E-state index in [9.17, 15) is 4.79 Å². The minimum absolute atomic E-state index is 0.0874. The summed E-state index contributed by atoms with van der Waals surface area (Å²) in [5.74, 6) is 0.996. The number of aromatic amines is 1. The molecule has 5 nitrogen and oxygen atoms in total. The van der Waals surface area contributed by atoms with Gasteiger partial charge in [-0.3, -0.25) is 4.79 Å². The number of imidazole rings is 1. The highest BCUT2D eigenvalue weighted by Gasteiger charge is 2.16. The largest absolute Gasteiger partial charge is 0.322 e. The van der Waals surface area contributed by atoms with Crippen LogP contribution in [0.4, 0.5) is 0 Å². The average Bonchev–Trinajstić information content (AvgIpc) is 2.57. The second-order valence-electron chi connectivity index (χ2n) is 3.54. The van der Waals surface area contributed by atoms with Gasteiger partial charge in [0.15, 0.2) is 11.2 Å². The number of H-pyrrole nitrogens is 1. The van der Waals surface area contributed by atoms with Crippen molar-refractivity contribution in [3.05, 3.63) is 22.5 Å². The molecule has 0 saturated heterocycles. The molecule has 3 rings (SSSR count). The van der Waals surface area contributed by atoms with Gasteiger partial charge in [-0.1, -0.05) is 0 Å². The number of rotatable bonds is 0. The molecule has 0 aromatic carbocycles. The van der Waals surface area contributed by atoms with Crippen molar-refractivity contribution in [1.82, 2.24) is 19.5 Å². The Bertz CT molecular complexity index is 539. The number of aryl methyl sites for hydroxylation is 2. The van der Waals surface area contributed by atoms with Crippen molar-refractivity contribution in [2.24, 2.45) is 0 Å². The van der Waals surface area contributed by atoms with Crippen LogP contribution < -0.4 is 5.56 Å². The Morgan fingerprint density at radius 2 is 2.36 bits per heavy atom. The molecule has 5 heteroatoms. The van der Waals surface area contributed by atoms with Gasteiger partial charge < -0.3 is 9.55 Å². The molecule has 2 aromatic rings. The molecule has 2 aromatic heterocycles. The summed E-state index contributed by atoms with van der Waals surface area (Å²) in [6, 6.07) is 0. The molecule has 3 heterocycles. The normalized spacial score (nSPS) is 15.7. The summed E-state index contributed by atoms with van der Waals surface area (Å²) in [7, 11) is 0. The van der Waals surface area contributed by atoms with Gasteiger partial charge in [-0.05, 0) is 12.8 Å². The molecular weight excluding hydrogens is 180 g/mol. The van der Waals surface area contributed by atoms with Crippen LogP contribution in [0.25, 0.3) is 11.2 Å². The van der Waals surface area contributed by atoms with E-state index in [1.165, 1.54) is 6.33 Å². The number of nitrogens with zero attached hydrogens (tertiary/aromatic N) is 3. The molecule has 0 aliphatic carbocycles. The van der Waals surface area contributed by atoms with Crippen LogP contribution in [0, 0.1) is 0 Å². The van der Waals surface area contributed by atoms with Crippen molar-refractivity contribution >= 4 is 11.2 Å². The van der Waals surface area contributed by atoms with Crippen molar-refractivity contribution in [1.29, 1.82) is 0 Å². The van der Waals surface area contributed by atoms with Crippen molar-refractivity contribution in [2.45, 2.75) is 25.8 Å². The van der Waals surface area contributed by atoms with Crippen molar-refractivity contribution in [2.75, 3.05) is 0 Å². The van der Waals surface area contributed by atoms with E-state index in [1.807, 2.05) is 4.57 Å². The van der Waals surface area contributed by atoms with Gasteiger partial charge in [0, 0.05) is 13.0 Å². The molecule has 72 valence electrons. The van der Waals surface area contributed by atoms with Gasteiger partial charge in [0.05, 0.1) is 6.33 Å². The Balaban J connectivity index is 2.44. The van der Waals surface area contributed by atoms with E-state index in [0.29, 0.717) is 11.2 Å². The minimum Gasteiger partial charge on any atom is -0.322 e. The summed E-state index contributed by atoms with van der Waals surface area (Å²) in [6.07, 6.45) is 4.63. The van der Waals surface area contributed by atoms with Gasteiger partial charge >= 0.3 is 0 Å². The number of nitrogens with one attached hydrogen (secondary N) is 1. The summed E-state index contributed by atoms with van der Waals surface area (Å²) in [4.78, 5) is 22.5. The highest BCUT2D eigenvalue weighted by molar-refractivity contribution is 5.70. The molecule has 0 radical (unpaired) electrons. The van der Waals surface area contributed by atoms with Crippen LogP contribution in [0.2, 0.25) is 0 Å². The van der Waals surface area contributed by atoms with E-state index in [0.717, 1.165) is 31.6 Å². The van der Waals surface area contributed by atoms with Gasteiger partial charge in [0.2, 0.25) is 0 Å². The molecule has 14 heavy (non-hydrogen) atoms.